The summed E-state index contributed by atoms with van der Waals surface area (Å²) in [4.78, 5) is 14.1. The largest absolute Gasteiger partial charge is 0.503 e. The van der Waals surface area contributed by atoms with Gasteiger partial charge < -0.3 is 9.84 Å². The first kappa shape index (κ1) is 16.0. The fraction of sp³-hybridized carbons (Fsp3) is 0.250. The predicted molar refractivity (Wildman–Crippen MR) is 93.8 cm³/mol. The quantitative estimate of drug-likeness (QED) is 0.615. The number of thiophene rings is 1. The number of carbonyl (C=O) groups excluding carboxylic acids is 1. The molecule has 2 N–H and O–H groups in total. The molecule has 0 spiro atoms. The number of carbonyl (C=O) groups is 1. The summed E-state index contributed by atoms with van der Waals surface area (Å²) < 4.78 is 5.57. The molecule has 1 aromatic carbocycles. The number of nitrogens with one attached hydrogen (secondary N) is 1. The number of methoxy groups -OCH3 is 1. The normalized spacial score (nSPS) is 13.3. The van der Waals surface area contributed by atoms with Crippen LogP contribution in [0.5, 0.6) is 11.5 Å². The maximum Gasteiger partial charge on any atom is 0.281 e. The van der Waals surface area contributed by atoms with Crippen molar-refractivity contribution in [1.29, 1.82) is 0 Å². The number of amides is 1. The Morgan fingerprint density at radius 1 is 1.43 bits per heavy atom. The predicted octanol–water partition coefficient (Wildman–Crippen LogP) is 3.48. The molecule has 1 aliphatic rings. The summed E-state index contributed by atoms with van der Waals surface area (Å²) >= 11 is 4.78. The Labute approximate surface area is 146 Å². The molecule has 5 nitrogen and oxygen atoms in total. The molecule has 3 rings (SSSR count). The minimum atomic E-state index is -0.203. The van der Waals surface area contributed by atoms with E-state index < -0.39 is 0 Å². The third kappa shape index (κ3) is 3.40. The second kappa shape index (κ2) is 6.72. The highest BCUT2D eigenvalue weighted by Crippen LogP contribution is 2.34. The molecule has 1 aliphatic carbocycles. The number of aryl methyl sites for hydroxylation is 2. The van der Waals surface area contributed by atoms with E-state index in [1.165, 1.54) is 30.2 Å². The molecule has 1 aromatic heterocycles. The summed E-state index contributed by atoms with van der Waals surface area (Å²) in [5, 5.41) is 13.7. The van der Waals surface area contributed by atoms with Crippen LogP contribution in [0.2, 0.25) is 0 Å². The van der Waals surface area contributed by atoms with Gasteiger partial charge in [0.05, 0.1) is 22.7 Å². The molecule has 1 heterocycles. The van der Waals surface area contributed by atoms with Gasteiger partial charge in [0.1, 0.15) is 0 Å². The number of hydrazone groups is 1. The van der Waals surface area contributed by atoms with Gasteiger partial charge in [-0.3, -0.25) is 4.79 Å². The second-order valence-electron chi connectivity index (χ2n) is 5.17. The summed E-state index contributed by atoms with van der Waals surface area (Å²) in [6.45, 7) is 0. The number of rotatable bonds is 4. The van der Waals surface area contributed by atoms with Crippen LogP contribution in [-0.2, 0) is 12.8 Å². The highest BCUT2D eigenvalue weighted by atomic mass is 79.9. The van der Waals surface area contributed by atoms with Crippen LogP contribution in [0.15, 0.2) is 27.8 Å². The van der Waals surface area contributed by atoms with E-state index in [2.05, 4.69) is 26.5 Å². The number of ether oxygens (including phenoxy) is 1. The van der Waals surface area contributed by atoms with Gasteiger partial charge in [-0.1, -0.05) is 0 Å². The van der Waals surface area contributed by atoms with E-state index in [1.54, 1.807) is 23.5 Å². The van der Waals surface area contributed by atoms with Crippen LogP contribution in [0, 0.1) is 0 Å². The van der Waals surface area contributed by atoms with Crippen LogP contribution in [0.3, 0.4) is 0 Å². The van der Waals surface area contributed by atoms with Gasteiger partial charge in [-0.25, -0.2) is 5.43 Å². The maximum absolute atomic E-state index is 12.1. The lowest BCUT2D eigenvalue weighted by Gasteiger charge is -2.06. The van der Waals surface area contributed by atoms with E-state index in [1.807, 2.05) is 6.07 Å². The lowest BCUT2D eigenvalue weighted by atomic mass is 10.2. The molecule has 0 atom stereocenters. The number of hydrogen-bond acceptors (Lipinski definition) is 5. The number of phenolic OH excluding ortho intramolecular Hbond substituents is 1. The first-order valence-electron chi connectivity index (χ1n) is 7.10. The molecule has 0 radical (unpaired) electrons. The smallest absolute Gasteiger partial charge is 0.281 e. The Balaban J connectivity index is 1.68. The van der Waals surface area contributed by atoms with Gasteiger partial charge in [0.2, 0.25) is 0 Å². The average Bonchev–Trinajstić information content (AvgIpc) is 3.12. The molecule has 0 bridgehead atoms. The summed E-state index contributed by atoms with van der Waals surface area (Å²) in [5.74, 6) is 0.161. The van der Waals surface area contributed by atoms with Gasteiger partial charge in [-0.2, -0.15) is 5.10 Å². The number of hydrogen-bond donors (Lipinski definition) is 2. The Bertz CT molecular complexity index is 764. The SMILES string of the molecule is COc1cc(/C=N/NC(=O)c2cc3c(s2)CCC3)cc(Br)c1O. The third-order valence-corrected chi connectivity index (χ3v) is 5.46. The fourth-order valence-electron chi connectivity index (χ4n) is 2.49. The molecule has 120 valence electrons. The molecular formula is C16H15BrN2O3S. The molecule has 0 aliphatic heterocycles. The Morgan fingerprint density at radius 2 is 2.26 bits per heavy atom. The van der Waals surface area contributed by atoms with Crippen LogP contribution in [0.1, 0.15) is 32.1 Å². The Morgan fingerprint density at radius 3 is 3.00 bits per heavy atom. The van der Waals surface area contributed by atoms with Crippen LogP contribution < -0.4 is 10.2 Å². The number of benzene rings is 1. The zero-order chi connectivity index (χ0) is 16.4. The van der Waals surface area contributed by atoms with Crippen LogP contribution in [0.25, 0.3) is 0 Å². The van der Waals surface area contributed by atoms with Crippen LogP contribution in [0.4, 0.5) is 0 Å². The highest BCUT2D eigenvalue weighted by Gasteiger charge is 2.18. The standard InChI is InChI=1S/C16H15BrN2O3S/c1-22-12-6-9(5-11(17)15(12)20)8-18-19-16(21)14-7-10-3-2-4-13(10)23-14/h5-8,20H,2-4H2,1H3,(H,19,21)/b18-8+. The average molecular weight is 395 g/mol. The van der Waals surface area contributed by atoms with Crippen molar-refractivity contribution in [3.05, 3.63) is 43.6 Å². The molecule has 2 aromatic rings. The van der Waals surface area contributed by atoms with E-state index in [-0.39, 0.29) is 11.7 Å². The molecule has 0 fully saturated rings. The van der Waals surface area contributed by atoms with Crippen molar-refractivity contribution in [2.24, 2.45) is 5.10 Å². The van der Waals surface area contributed by atoms with Gasteiger partial charge in [0, 0.05) is 4.88 Å². The van der Waals surface area contributed by atoms with E-state index in [4.69, 9.17) is 4.74 Å². The molecule has 0 unspecified atom stereocenters. The van der Waals surface area contributed by atoms with Gasteiger partial charge in [-0.05, 0) is 64.5 Å². The van der Waals surface area contributed by atoms with Crippen molar-refractivity contribution in [2.45, 2.75) is 19.3 Å². The topological polar surface area (TPSA) is 70.9 Å². The molecule has 0 saturated carbocycles. The van der Waals surface area contributed by atoms with Crippen molar-refractivity contribution in [3.63, 3.8) is 0 Å². The lowest BCUT2D eigenvalue weighted by Crippen LogP contribution is -2.16. The van der Waals surface area contributed by atoms with Crippen molar-refractivity contribution in [3.8, 4) is 11.5 Å². The van der Waals surface area contributed by atoms with Gasteiger partial charge >= 0.3 is 0 Å². The van der Waals surface area contributed by atoms with Gasteiger partial charge in [0.15, 0.2) is 11.5 Å². The molecular weight excluding hydrogens is 380 g/mol. The fourth-order valence-corrected chi connectivity index (χ4v) is 4.09. The number of nitrogens with zero attached hydrogens (tertiary/aromatic N) is 1. The van der Waals surface area contributed by atoms with Crippen LogP contribution in [-0.4, -0.2) is 24.3 Å². The van der Waals surface area contributed by atoms with E-state index in [9.17, 15) is 9.90 Å². The molecule has 7 heteroatoms. The summed E-state index contributed by atoms with van der Waals surface area (Å²) in [6.07, 6.45) is 4.81. The highest BCUT2D eigenvalue weighted by molar-refractivity contribution is 9.10. The summed E-state index contributed by atoms with van der Waals surface area (Å²) in [5.41, 5.74) is 4.51. The zero-order valence-corrected chi connectivity index (χ0v) is 14.8. The number of aromatic hydroxyl groups is 1. The monoisotopic (exact) mass is 394 g/mol. The zero-order valence-electron chi connectivity index (χ0n) is 12.4. The summed E-state index contributed by atoms with van der Waals surface area (Å²) in [6, 6.07) is 5.28. The van der Waals surface area contributed by atoms with Crippen molar-refractivity contribution in [1.82, 2.24) is 5.43 Å². The summed E-state index contributed by atoms with van der Waals surface area (Å²) in [7, 11) is 1.47. The minimum absolute atomic E-state index is 0.0294. The molecule has 0 saturated heterocycles. The van der Waals surface area contributed by atoms with Crippen LogP contribution >= 0.6 is 27.3 Å². The first-order valence-corrected chi connectivity index (χ1v) is 8.71. The van der Waals surface area contributed by atoms with E-state index >= 15 is 0 Å². The van der Waals surface area contributed by atoms with E-state index in [0.717, 1.165) is 12.8 Å². The third-order valence-electron chi connectivity index (χ3n) is 3.62. The molecule has 1 amide bonds. The Kier molecular flexibility index (Phi) is 4.68. The first-order chi connectivity index (χ1) is 11.1. The molecule has 23 heavy (non-hydrogen) atoms. The Hall–Kier alpha value is -1.86. The second-order valence-corrected chi connectivity index (χ2v) is 7.16. The number of fused-ring (bicyclic) bond motifs is 1. The van der Waals surface area contributed by atoms with Crippen molar-refractivity contribution in [2.75, 3.05) is 7.11 Å². The minimum Gasteiger partial charge on any atom is -0.503 e. The van der Waals surface area contributed by atoms with Gasteiger partial charge in [-0.15, -0.1) is 11.3 Å². The van der Waals surface area contributed by atoms with Crippen molar-refractivity contribution >= 4 is 39.4 Å². The van der Waals surface area contributed by atoms with E-state index in [0.29, 0.717) is 20.7 Å². The number of phenols is 1. The maximum atomic E-state index is 12.1. The van der Waals surface area contributed by atoms with Gasteiger partial charge in [0.25, 0.3) is 5.91 Å². The van der Waals surface area contributed by atoms with Crippen molar-refractivity contribution < 1.29 is 14.6 Å². The lowest BCUT2D eigenvalue weighted by molar-refractivity contribution is 0.0959. The number of halogens is 1.